The molecule has 5 nitrogen and oxygen atoms in total. The van der Waals surface area contributed by atoms with Gasteiger partial charge in [0.15, 0.2) is 10.7 Å². The Kier molecular flexibility index (Phi) is 7.44. The maximum Gasteiger partial charge on any atom is 0.168 e. The number of rotatable bonds is 5. The third-order valence-corrected chi connectivity index (χ3v) is 7.80. The molecule has 172 valence electrons. The second-order valence-electron chi connectivity index (χ2n) is 8.83. The minimum absolute atomic E-state index is 0.00453. The summed E-state index contributed by atoms with van der Waals surface area (Å²) in [4.78, 5) is 2.61. The maximum atomic E-state index is 11.7. The van der Waals surface area contributed by atoms with Crippen molar-refractivity contribution >= 4 is 28.0 Å². The number of anilines is 1. The molecule has 0 aromatic heterocycles. The van der Waals surface area contributed by atoms with Gasteiger partial charge < -0.3 is 15.4 Å². The van der Waals surface area contributed by atoms with Crippen molar-refractivity contribution < 1.29 is 13.2 Å². The average molecular weight is 475 g/mol. The Morgan fingerprint density at radius 1 is 1.19 bits per heavy atom. The number of hydrogen-bond donors (Lipinski definition) is 2. The van der Waals surface area contributed by atoms with Crippen molar-refractivity contribution in [2.75, 3.05) is 18.0 Å². The first-order valence-corrected chi connectivity index (χ1v) is 12.8. The summed E-state index contributed by atoms with van der Waals surface area (Å²) in [5.41, 5.74) is 9.43. The Morgan fingerprint density at radius 2 is 2.03 bits per heavy atom. The van der Waals surface area contributed by atoms with Crippen LogP contribution in [0.3, 0.4) is 0 Å². The number of nitrogens with zero attached hydrogens (tertiary/aromatic N) is 1. The van der Waals surface area contributed by atoms with Crippen LogP contribution >= 0.6 is 11.6 Å². The Bertz CT molecular complexity index is 1050. The van der Waals surface area contributed by atoms with E-state index < -0.39 is 10.7 Å². The summed E-state index contributed by atoms with van der Waals surface area (Å²) in [6, 6.07) is 11.1. The van der Waals surface area contributed by atoms with Gasteiger partial charge in [0.1, 0.15) is 12.4 Å². The van der Waals surface area contributed by atoms with Crippen LogP contribution in [-0.4, -0.2) is 27.5 Å². The highest BCUT2D eigenvalue weighted by molar-refractivity contribution is 7.72. The molecule has 1 saturated carbocycles. The summed E-state index contributed by atoms with van der Waals surface area (Å²) in [5, 5.41) is 0.735. The van der Waals surface area contributed by atoms with Gasteiger partial charge in [-0.15, -0.1) is 6.58 Å². The highest BCUT2D eigenvalue weighted by Crippen LogP contribution is 2.40. The SMILES string of the molecule is C=C[C@H](N)[C@@H]1CC[C@H]1CN1CCCCc2cc(Cl)ccc2COc2ccc([SH](=O)=O)cc21. The van der Waals surface area contributed by atoms with E-state index in [1.165, 1.54) is 5.56 Å². The van der Waals surface area contributed by atoms with Gasteiger partial charge in [0, 0.05) is 24.2 Å². The molecule has 0 radical (unpaired) electrons. The van der Waals surface area contributed by atoms with Crippen molar-refractivity contribution in [2.45, 2.75) is 49.6 Å². The van der Waals surface area contributed by atoms with E-state index >= 15 is 0 Å². The molecular formula is C25H31ClN2O3S. The third-order valence-electron chi connectivity index (χ3n) is 6.87. The molecule has 4 rings (SSSR count). The van der Waals surface area contributed by atoms with Gasteiger partial charge >= 0.3 is 0 Å². The van der Waals surface area contributed by atoms with E-state index in [-0.39, 0.29) is 6.04 Å². The monoisotopic (exact) mass is 474 g/mol. The van der Waals surface area contributed by atoms with E-state index in [0.29, 0.717) is 29.1 Å². The minimum Gasteiger partial charge on any atom is -0.487 e. The van der Waals surface area contributed by atoms with E-state index in [9.17, 15) is 8.42 Å². The molecule has 0 amide bonds. The predicted molar refractivity (Wildman–Crippen MR) is 130 cm³/mol. The van der Waals surface area contributed by atoms with Crippen molar-refractivity contribution in [3.8, 4) is 5.75 Å². The number of thiol groups is 1. The first-order valence-electron chi connectivity index (χ1n) is 11.3. The van der Waals surface area contributed by atoms with Crippen molar-refractivity contribution in [2.24, 2.45) is 17.6 Å². The van der Waals surface area contributed by atoms with Gasteiger partial charge in [0.05, 0.1) is 10.6 Å². The van der Waals surface area contributed by atoms with Crippen LogP contribution in [0.2, 0.25) is 5.02 Å². The van der Waals surface area contributed by atoms with Gasteiger partial charge in [-0.3, -0.25) is 0 Å². The molecule has 32 heavy (non-hydrogen) atoms. The first kappa shape index (κ1) is 23.1. The maximum absolute atomic E-state index is 11.7. The highest BCUT2D eigenvalue weighted by atomic mass is 35.5. The van der Waals surface area contributed by atoms with Crippen LogP contribution in [0, 0.1) is 11.8 Å². The second kappa shape index (κ2) is 10.3. The molecule has 2 N–H and O–H groups in total. The van der Waals surface area contributed by atoms with Crippen molar-refractivity contribution in [3.05, 3.63) is 65.2 Å². The van der Waals surface area contributed by atoms with E-state index in [0.717, 1.165) is 61.5 Å². The molecule has 3 atom stereocenters. The minimum atomic E-state index is -2.67. The summed E-state index contributed by atoms with van der Waals surface area (Å²) in [6.07, 6.45) is 7.02. The zero-order valence-electron chi connectivity index (χ0n) is 18.2. The lowest BCUT2D eigenvalue weighted by molar-refractivity contribution is 0.164. The first-order chi connectivity index (χ1) is 15.5. The summed E-state index contributed by atoms with van der Waals surface area (Å²) in [7, 11) is -2.67. The molecule has 2 aromatic carbocycles. The normalized spacial score (nSPS) is 22.0. The topological polar surface area (TPSA) is 72.6 Å². The molecule has 2 aliphatic rings. The van der Waals surface area contributed by atoms with E-state index in [1.54, 1.807) is 18.2 Å². The zero-order valence-corrected chi connectivity index (χ0v) is 19.9. The van der Waals surface area contributed by atoms with Gasteiger partial charge in [-0.2, -0.15) is 0 Å². The number of hydrogen-bond acceptors (Lipinski definition) is 5. The quantitative estimate of drug-likeness (QED) is 0.490. The standard InChI is InChI=1S/C25H31ClN2O3S/c1-2-23(27)22-10-7-18(22)15-28-12-4-3-5-17-13-20(26)8-6-19(17)16-31-25-11-9-21(32(29)30)14-24(25)28/h2,6,8-9,11,13-14,18,22-23,32H,1,3-5,7,10,12,15-16,27H2/t18-,22+,23-/m0/s1. The largest absolute Gasteiger partial charge is 0.487 e. The summed E-state index contributed by atoms with van der Waals surface area (Å²) in [5.74, 6) is 1.58. The molecule has 1 heterocycles. The molecule has 1 aliphatic heterocycles. The van der Waals surface area contributed by atoms with Crippen molar-refractivity contribution in [1.29, 1.82) is 0 Å². The van der Waals surface area contributed by atoms with E-state index in [2.05, 4.69) is 11.5 Å². The van der Waals surface area contributed by atoms with Crippen molar-refractivity contribution in [3.63, 3.8) is 0 Å². The molecule has 1 aliphatic carbocycles. The summed E-state index contributed by atoms with van der Waals surface area (Å²) >= 11 is 6.23. The van der Waals surface area contributed by atoms with Gasteiger partial charge in [-0.1, -0.05) is 23.7 Å². The Hall–Kier alpha value is -2.02. The molecule has 0 bridgehead atoms. The molecule has 0 saturated heterocycles. The molecule has 0 spiro atoms. The van der Waals surface area contributed by atoms with Crippen LogP contribution in [0.5, 0.6) is 5.75 Å². The van der Waals surface area contributed by atoms with Crippen LogP contribution in [0.4, 0.5) is 5.69 Å². The van der Waals surface area contributed by atoms with Gasteiger partial charge in [-0.05, 0) is 85.4 Å². The number of ether oxygens (including phenoxy) is 1. The van der Waals surface area contributed by atoms with Crippen LogP contribution in [-0.2, 0) is 23.7 Å². The lowest BCUT2D eigenvalue weighted by Crippen LogP contribution is -2.46. The highest BCUT2D eigenvalue weighted by Gasteiger charge is 2.35. The number of fused-ring (bicyclic) bond motifs is 2. The zero-order chi connectivity index (χ0) is 22.7. The smallest absolute Gasteiger partial charge is 0.168 e. The molecule has 2 aromatic rings. The summed E-state index contributed by atoms with van der Waals surface area (Å²) < 4.78 is 29.7. The van der Waals surface area contributed by atoms with E-state index in [4.69, 9.17) is 22.1 Å². The fourth-order valence-corrected chi connectivity index (χ4v) is 5.44. The number of halogens is 1. The van der Waals surface area contributed by atoms with Crippen LogP contribution in [0.15, 0.2) is 53.9 Å². The van der Waals surface area contributed by atoms with Crippen molar-refractivity contribution in [1.82, 2.24) is 0 Å². The average Bonchev–Trinajstić information content (AvgIpc) is 2.79. The fraction of sp³-hybridized carbons (Fsp3) is 0.440. The molecular weight excluding hydrogens is 444 g/mol. The Balaban J connectivity index is 1.66. The number of aryl methyl sites for hydroxylation is 1. The van der Waals surface area contributed by atoms with Crippen LogP contribution in [0.25, 0.3) is 0 Å². The summed E-state index contributed by atoms with van der Waals surface area (Å²) in [6.45, 7) is 5.95. The van der Waals surface area contributed by atoms with Gasteiger partial charge in [0.25, 0.3) is 0 Å². The Labute approximate surface area is 197 Å². The van der Waals surface area contributed by atoms with Gasteiger partial charge in [0.2, 0.25) is 0 Å². The lowest BCUT2D eigenvalue weighted by atomic mass is 9.69. The lowest BCUT2D eigenvalue weighted by Gasteiger charge is -2.43. The molecule has 7 heteroatoms. The fourth-order valence-electron chi connectivity index (χ4n) is 4.83. The Morgan fingerprint density at radius 3 is 2.75 bits per heavy atom. The number of nitrogens with two attached hydrogens (primary N) is 1. The van der Waals surface area contributed by atoms with Crippen LogP contribution < -0.4 is 15.4 Å². The molecule has 1 fully saturated rings. The predicted octanol–water partition coefficient (Wildman–Crippen LogP) is 4.57. The van der Waals surface area contributed by atoms with E-state index in [1.807, 2.05) is 24.3 Å². The van der Waals surface area contributed by atoms with Crippen LogP contribution in [0.1, 0.15) is 36.8 Å². The second-order valence-corrected chi connectivity index (χ2v) is 10.3. The molecule has 0 unspecified atom stereocenters. The third kappa shape index (κ3) is 5.13. The number of benzene rings is 2. The van der Waals surface area contributed by atoms with Gasteiger partial charge in [-0.25, -0.2) is 8.42 Å².